The average Bonchev–Trinajstić information content (AvgIpc) is 2.67. The summed E-state index contributed by atoms with van der Waals surface area (Å²) >= 11 is 0. The molecule has 3 rings (SSSR count). The van der Waals surface area contributed by atoms with E-state index in [-0.39, 0.29) is 12.3 Å². The van der Waals surface area contributed by atoms with E-state index >= 15 is 0 Å². The summed E-state index contributed by atoms with van der Waals surface area (Å²) in [7, 11) is -3.59. The number of halogens is 1. The lowest BCUT2D eigenvalue weighted by Crippen LogP contribution is -2.14. The third-order valence-electron chi connectivity index (χ3n) is 3.94. The van der Waals surface area contributed by atoms with Crippen LogP contribution in [0, 0.1) is 5.82 Å². The third-order valence-corrected chi connectivity index (χ3v) is 4.68. The molecule has 0 aliphatic heterocycles. The van der Waals surface area contributed by atoms with Crippen molar-refractivity contribution in [3.63, 3.8) is 0 Å². The van der Waals surface area contributed by atoms with Gasteiger partial charge in [0.25, 0.3) is 0 Å². The molecule has 29 heavy (non-hydrogen) atoms. The number of aliphatic hydroxyl groups excluding tert-OH is 1. The van der Waals surface area contributed by atoms with Gasteiger partial charge in [-0.2, -0.15) is 4.98 Å². The number of nitrogens with zero attached hydrogens (tertiary/aromatic N) is 2. The Hall–Kier alpha value is -3.08. The number of rotatable bonds is 8. The van der Waals surface area contributed by atoms with E-state index in [1.807, 2.05) is 0 Å². The van der Waals surface area contributed by atoms with Crippen molar-refractivity contribution in [2.45, 2.75) is 11.9 Å². The number of aliphatic hydroxyl groups is 1. The smallest absolute Gasteiger partial charge is 0.229 e. The second-order valence-corrected chi connectivity index (χ2v) is 7.96. The molecule has 1 aromatic heterocycles. The number of nitrogens with two attached hydrogens (primary N) is 1. The Morgan fingerprint density at radius 1 is 1.14 bits per heavy atom. The van der Waals surface area contributed by atoms with Crippen LogP contribution in [-0.2, 0) is 15.8 Å². The highest BCUT2D eigenvalue weighted by molar-refractivity contribution is 7.88. The lowest BCUT2D eigenvalue weighted by molar-refractivity contribution is 0.191. The number of anilines is 3. The summed E-state index contributed by atoms with van der Waals surface area (Å²) < 4.78 is 35.5. The van der Waals surface area contributed by atoms with Gasteiger partial charge in [0.15, 0.2) is 0 Å². The van der Waals surface area contributed by atoms with E-state index in [4.69, 9.17) is 5.14 Å². The molecule has 0 aliphatic rings. The van der Waals surface area contributed by atoms with Crippen LogP contribution < -0.4 is 15.8 Å². The van der Waals surface area contributed by atoms with Crippen LogP contribution in [0.2, 0.25) is 0 Å². The zero-order valence-corrected chi connectivity index (χ0v) is 16.1. The minimum Gasteiger partial charge on any atom is -0.387 e. The van der Waals surface area contributed by atoms with Crippen LogP contribution in [0.3, 0.4) is 0 Å². The SMILES string of the molecule is NS(=O)(=O)Cc1ccc(Nc2nccc(NCC(O)c3cccc(F)c3)n2)cc1. The molecule has 0 saturated carbocycles. The Labute approximate surface area is 167 Å². The number of benzene rings is 2. The van der Waals surface area contributed by atoms with Crippen LogP contribution in [-0.4, -0.2) is 30.0 Å². The summed E-state index contributed by atoms with van der Waals surface area (Å²) in [5, 5.41) is 21.2. The van der Waals surface area contributed by atoms with Crippen molar-refractivity contribution in [3.8, 4) is 0 Å². The fraction of sp³-hybridized carbons (Fsp3) is 0.158. The molecule has 0 amide bonds. The molecule has 0 fully saturated rings. The second-order valence-electron chi connectivity index (χ2n) is 6.35. The average molecular weight is 417 g/mol. The summed E-state index contributed by atoms with van der Waals surface area (Å²) in [5.74, 6) is 0.139. The van der Waals surface area contributed by atoms with Gasteiger partial charge in [-0.05, 0) is 41.5 Å². The summed E-state index contributed by atoms with van der Waals surface area (Å²) in [6, 6.07) is 14.1. The normalized spacial score (nSPS) is 12.4. The maximum Gasteiger partial charge on any atom is 0.229 e. The zero-order chi connectivity index (χ0) is 20.9. The molecular weight excluding hydrogens is 397 g/mol. The van der Waals surface area contributed by atoms with Gasteiger partial charge in [0.1, 0.15) is 11.6 Å². The van der Waals surface area contributed by atoms with Crippen LogP contribution in [0.4, 0.5) is 21.8 Å². The largest absolute Gasteiger partial charge is 0.387 e. The summed E-state index contributed by atoms with van der Waals surface area (Å²) in [6.45, 7) is 0.141. The van der Waals surface area contributed by atoms with Gasteiger partial charge in [0.2, 0.25) is 16.0 Å². The van der Waals surface area contributed by atoms with Gasteiger partial charge in [0, 0.05) is 18.4 Å². The lowest BCUT2D eigenvalue weighted by Gasteiger charge is -2.13. The van der Waals surface area contributed by atoms with Crippen LogP contribution >= 0.6 is 0 Å². The first-order valence-electron chi connectivity index (χ1n) is 8.65. The minimum atomic E-state index is -3.59. The predicted octanol–water partition coefficient (Wildman–Crippen LogP) is 2.29. The summed E-state index contributed by atoms with van der Waals surface area (Å²) in [4.78, 5) is 8.42. The van der Waals surface area contributed by atoms with Crippen molar-refractivity contribution in [1.29, 1.82) is 0 Å². The quantitative estimate of drug-likeness (QED) is 0.442. The fourth-order valence-corrected chi connectivity index (χ4v) is 3.25. The molecule has 0 bridgehead atoms. The molecule has 10 heteroatoms. The number of hydrogen-bond donors (Lipinski definition) is 4. The van der Waals surface area contributed by atoms with E-state index in [0.717, 1.165) is 0 Å². The molecule has 5 N–H and O–H groups in total. The molecule has 8 nitrogen and oxygen atoms in total. The Bertz CT molecular complexity index is 1080. The van der Waals surface area contributed by atoms with Gasteiger partial charge in [-0.15, -0.1) is 0 Å². The Morgan fingerprint density at radius 3 is 2.59 bits per heavy atom. The summed E-state index contributed by atoms with van der Waals surface area (Å²) in [6.07, 6.45) is 0.644. The van der Waals surface area contributed by atoms with Crippen molar-refractivity contribution in [2.75, 3.05) is 17.2 Å². The Balaban J connectivity index is 1.60. The second kappa shape index (κ2) is 8.95. The zero-order valence-electron chi connectivity index (χ0n) is 15.3. The number of sulfonamides is 1. The van der Waals surface area contributed by atoms with E-state index in [0.29, 0.717) is 28.6 Å². The van der Waals surface area contributed by atoms with Crippen LogP contribution in [0.25, 0.3) is 0 Å². The minimum absolute atomic E-state index is 0.141. The Kier molecular flexibility index (Phi) is 6.37. The van der Waals surface area contributed by atoms with E-state index in [2.05, 4.69) is 20.6 Å². The molecule has 152 valence electrons. The standard InChI is InChI=1S/C19H20FN5O3S/c20-15-3-1-2-14(10-15)17(26)11-23-18-8-9-22-19(25-18)24-16-6-4-13(5-7-16)12-29(21,27)28/h1-10,17,26H,11-12H2,(H2,21,27,28)(H2,22,23,24,25). The molecule has 0 aliphatic carbocycles. The van der Waals surface area contributed by atoms with E-state index in [9.17, 15) is 17.9 Å². The van der Waals surface area contributed by atoms with Crippen molar-refractivity contribution in [1.82, 2.24) is 9.97 Å². The van der Waals surface area contributed by atoms with Crippen LogP contribution in [0.1, 0.15) is 17.2 Å². The summed E-state index contributed by atoms with van der Waals surface area (Å²) in [5.41, 5.74) is 1.70. The fourth-order valence-electron chi connectivity index (χ4n) is 2.60. The van der Waals surface area contributed by atoms with Gasteiger partial charge in [0.05, 0.1) is 11.9 Å². The molecular formula is C19H20FN5O3S. The van der Waals surface area contributed by atoms with E-state index < -0.39 is 21.9 Å². The molecule has 3 aromatic rings. The van der Waals surface area contributed by atoms with Crippen molar-refractivity contribution >= 4 is 27.5 Å². The van der Waals surface area contributed by atoms with Gasteiger partial charge in [-0.1, -0.05) is 24.3 Å². The Morgan fingerprint density at radius 2 is 1.90 bits per heavy atom. The van der Waals surface area contributed by atoms with Gasteiger partial charge in [-0.25, -0.2) is 22.9 Å². The highest BCUT2D eigenvalue weighted by Crippen LogP contribution is 2.18. The first kappa shape index (κ1) is 20.6. The highest BCUT2D eigenvalue weighted by Gasteiger charge is 2.09. The predicted molar refractivity (Wildman–Crippen MR) is 108 cm³/mol. The molecule has 2 aromatic carbocycles. The number of hydrogen-bond acceptors (Lipinski definition) is 7. The third kappa shape index (κ3) is 6.49. The van der Waals surface area contributed by atoms with Crippen molar-refractivity contribution in [2.24, 2.45) is 5.14 Å². The van der Waals surface area contributed by atoms with Crippen LogP contribution in [0.15, 0.2) is 60.8 Å². The molecule has 0 radical (unpaired) electrons. The maximum absolute atomic E-state index is 13.3. The maximum atomic E-state index is 13.3. The molecule has 0 spiro atoms. The van der Waals surface area contributed by atoms with Crippen molar-refractivity contribution in [3.05, 3.63) is 77.7 Å². The first-order valence-corrected chi connectivity index (χ1v) is 10.4. The highest BCUT2D eigenvalue weighted by atomic mass is 32.2. The molecule has 1 atom stereocenters. The van der Waals surface area contributed by atoms with Gasteiger partial charge in [-0.3, -0.25) is 0 Å². The van der Waals surface area contributed by atoms with Gasteiger partial charge < -0.3 is 15.7 Å². The molecule has 1 unspecified atom stereocenters. The van der Waals surface area contributed by atoms with E-state index in [1.165, 1.54) is 18.2 Å². The van der Waals surface area contributed by atoms with Crippen LogP contribution in [0.5, 0.6) is 0 Å². The molecule has 1 heterocycles. The number of nitrogens with one attached hydrogen (secondary N) is 2. The number of aromatic nitrogens is 2. The number of primary sulfonamides is 1. The monoisotopic (exact) mass is 417 g/mol. The first-order chi connectivity index (χ1) is 13.8. The van der Waals surface area contributed by atoms with E-state index in [1.54, 1.807) is 42.6 Å². The van der Waals surface area contributed by atoms with Gasteiger partial charge >= 0.3 is 0 Å². The topological polar surface area (TPSA) is 130 Å². The molecule has 0 saturated heterocycles. The lowest BCUT2D eigenvalue weighted by atomic mass is 10.1. The van der Waals surface area contributed by atoms with Crippen molar-refractivity contribution < 1.29 is 17.9 Å².